The van der Waals surface area contributed by atoms with Gasteiger partial charge in [0.25, 0.3) is 0 Å². The summed E-state index contributed by atoms with van der Waals surface area (Å²) in [6.45, 7) is 2.24. The molecular formula is C28H29F3O2. The van der Waals surface area contributed by atoms with Crippen molar-refractivity contribution in [3.8, 4) is 16.9 Å². The van der Waals surface area contributed by atoms with E-state index in [1.54, 1.807) is 24.3 Å². The highest BCUT2D eigenvalue weighted by Gasteiger charge is 2.27. The third-order valence-corrected chi connectivity index (χ3v) is 6.63. The summed E-state index contributed by atoms with van der Waals surface area (Å²) in [5.41, 5.74) is 3.04. The average molecular weight is 455 g/mol. The number of hydrogen-bond donors (Lipinski definition) is 0. The lowest BCUT2D eigenvalue weighted by Crippen LogP contribution is -2.21. The highest BCUT2D eigenvalue weighted by molar-refractivity contribution is 5.65. The quantitative estimate of drug-likeness (QED) is 0.366. The Morgan fingerprint density at radius 1 is 0.848 bits per heavy atom. The predicted octanol–water partition coefficient (Wildman–Crippen LogP) is 7.58. The van der Waals surface area contributed by atoms with E-state index in [-0.39, 0.29) is 30.0 Å². The van der Waals surface area contributed by atoms with E-state index < -0.39 is 11.6 Å². The Kier molecular flexibility index (Phi) is 7.39. The van der Waals surface area contributed by atoms with Crippen LogP contribution >= 0.6 is 0 Å². The molecule has 0 aromatic heterocycles. The van der Waals surface area contributed by atoms with E-state index in [0.717, 1.165) is 24.8 Å². The molecule has 0 unspecified atom stereocenters. The lowest BCUT2D eigenvalue weighted by Gasteiger charge is -2.29. The van der Waals surface area contributed by atoms with Gasteiger partial charge in [0.15, 0.2) is 11.6 Å². The van der Waals surface area contributed by atoms with Crippen molar-refractivity contribution in [2.24, 2.45) is 0 Å². The first-order valence-electron chi connectivity index (χ1n) is 11.5. The Balaban J connectivity index is 1.37. The van der Waals surface area contributed by atoms with Gasteiger partial charge >= 0.3 is 0 Å². The summed E-state index contributed by atoms with van der Waals surface area (Å²) >= 11 is 0. The normalized spacial score (nSPS) is 18.3. The van der Waals surface area contributed by atoms with E-state index in [4.69, 9.17) is 9.47 Å². The second kappa shape index (κ2) is 10.4. The Bertz CT molecular complexity index is 1090. The van der Waals surface area contributed by atoms with Crippen LogP contribution in [0.4, 0.5) is 13.2 Å². The molecule has 33 heavy (non-hydrogen) atoms. The molecule has 0 atom stereocenters. The number of hydrogen-bond acceptors (Lipinski definition) is 2. The Morgan fingerprint density at radius 2 is 1.58 bits per heavy atom. The molecular weight excluding hydrogens is 425 g/mol. The Hall–Kier alpha value is -2.79. The summed E-state index contributed by atoms with van der Waals surface area (Å²) in [6, 6.07) is 15.7. The van der Waals surface area contributed by atoms with Gasteiger partial charge in [0.05, 0.1) is 19.8 Å². The average Bonchev–Trinajstić information content (AvgIpc) is 2.85. The van der Waals surface area contributed by atoms with Gasteiger partial charge < -0.3 is 9.47 Å². The number of halogens is 3. The molecule has 3 aromatic carbocycles. The van der Waals surface area contributed by atoms with Crippen LogP contribution in [0.1, 0.15) is 55.2 Å². The van der Waals surface area contributed by atoms with E-state index in [2.05, 4.69) is 6.92 Å². The highest BCUT2D eigenvalue weighted by atomic mass is 19.2. The second-order valence-corrected chi connectivity index (χ2v) is 8.62. The van der Waals surface area contributed by atoms with Crippen molar-refractivity contribution in [1.29, 1.82) is 0 Å². The first-order valence-corrected chi connectivity index (χ1v) is 11.5. The maximum absolute atomic E-state index is 15.0. The van der Waals surface area contributed by atoms with Crippen LogP contribution in [0.2, 0.25) is 0 Å². The second-order valence-electron chi connectivity index (χ2n) is 8.62. The maximum atomic E-state index is 15.0. The van der Waals surface area contributed by atoms with Crippen molar-refractivity contribution in [1.82, 2.24) is 0 Å². The maximum Gasteiger partial charge on any atom is 0.166 e. The van der Waals surface area contributed by atoms with Gasteiger partial charge in [-0.05, 0) is 60.8 Å². The van der Waals surface area contributed by atoms with Gasteiger partial charge in [-0.25, -0.2) is 13.2 Å². The Morgan fingerprint density at radius 3 is 2.21 bits per heavy atom. The molecule has 1 saturated carbocycles. The molecule has 2 nitrogen and oxygen atoms in total. The molecule has 0 aliphatic heterocycles. The fraction of sp³-hybridized carbons (Fsp3) is 0.357. The van der Waals surface area contributed by atoms with Crippen LogP contribution in [-0.2, 0) is 17.8 Å². The summed E-state index contributed by atoms with van der Waals surface area (Å²) < 4.78 is 55.0. The topological polar surface area (TPSA) is 18.5 Å². The summed E-state index contributed by atoms with van der Waals surface area (Å²) in [5, 5.41) is 0. The molecule has 5 heteroatoms. The zero-order chi connectivity index (χ0) is 23.4. The first kappa shape index (κ1) is 23.4. The van der Waals surface area contributed by atoms with E-state index in [1.807, 2.05) is 24.3 Å². The Labute approximate surface area is 193 Å². The molecule has 174 valence electrons. The van der Waals surface area contributed by atoms with E-state index in [0.29, 0.717) is 35.3 Å². The summed E-state index contributed by atoms with van der Waals surface area (Å²) in [7, 11) is 1.50. The predicted molar refractivity (Wildman–Crippen MR) is 124 cm³/mol. The van der Waals surface area contributed by atoms with Crippen molar-refractivity contribution in [2.75, 3.05) is 7.11 Å². The standard InChI is InChI=1S/C28H29F3O2/c1-3-18-4-6-19(7-5-18)24-14-15-25(28(31)27(24)30)20-8-11-22(12-9-20)33-17-21-10-13-23(32-2)16-26(21)29/h4-7,10,13-16,20,22H,3,8-9,11-12,17H2,1-2H3. The minimum Gasteiger partial charge on any atom is -0.497 e. The van der Waals surface area contributed by atoms with Crippen LogP contribution in [0.3, 0.4) is 0 Å². The molecule has 0 amide bonds. The minimum atomic E-state index is -0.787. The molecule has 0 heterocycles. The van der Waals surface area contributed by atoms with Gasteiger partial charge in [0.1, 0.15) is 11.6 Å². The molecule has 3 aromatic rings. The van der Waals surface area contributed by atoms with Crippen LogP contribution in [0.25, 0.3) is 11.1 Å². The first-order chi connectivity index (χ1) is 16.0. The molecule has 1 fully saturated rings. The van der Waals surface area contributed by atoms with Gasteiger partial charge in [-0.1, -0.05) is 49.4 Å². The van der Waals surface area contributed by atoms with E-state index in [1.165, 1.54) is 13.2 Å². The number of rotatable bonds is 7. The van der Waals surface area contributed by atoms with Crippen LogP contribution in [0.15, 0.2) is 54.6 Å². The number of ether oxygens (including phenoxy) is 2. The van der Waals surface area contributed by atoms with Crippen LogP contribution < -0.4 is 4.74 Å². The van der Waals surface area contributed by atoms with Crippen LogP contribution in [0, 0.1) is 17.5 Å². The van der Waals surface area contributed by atoms with Gasteiger partial charge in [-0.15, -0.1) is 0 Å². The van der Waals surface area contributed by atoms with Gasteiger partial charge in [0, 0.05) is 17.2 Å². The van der Waals surface area contributed by atoms with Crippen molar-refractivity contribution < 1.29 is 22.6 Å². The third-order valence-electron chi connectivity index (χ3n) is 6.63. The van der Waals surface area contributed by atoms with Gasteiger partial charge in [-0.2, -0.15) is 0 Å². The fourth-order valence-electron chi connectivity index (χ4n) is 4.54. The smallest absolute Gasteiger partial charge is 0.166 e. The molecule has 0 radical (unpaired) electrons. The van der Waals surface area contributed by atoms with Crippen LogP contribution in [0.5, 0.6) is 5.75 Å². The summed E-state index contributed by atoms with van der Waals surface area (Å²) in [5.74, 6) is -1.48. The molecule has 4 rings (SSSR count). The minimum absolute atomic E-state index is 0.0213. The van der Waals surface area contributed by atoms with E-state index in [9.17, 15) is 13.2 Å². The summed E-state index contributed by atoms with van der Waals surface area (Å²) in [6.07, 6.45) is 3.74. The van der Waals surface area contributed by atoms with Crippen molar-refractivity contribution >= 4 is 0 Å². The van der Waals surface area contributed by atoms with Crippen molar-refractivity contribution in [3.63, 3.8) is 0 Å². The van der Waals surface area contributed by atoms with Crippen molar-refractivity contribution in [3.05, 3.63) is 88.7 Å². The summed E-state index contributed by atoms with van der Waals surface area (Å²) in [4.78, 5) is 0. The highest BCUT2D eigenvalue weighted by Crippen LogP contribution is 2.38. The number of benzene rings is 3. The molecule has 1 aliphatic carbocycles. The van der Waals surface area contributed by atoms with Crippen LogP contribution in [-0.4, -0.2) is 13.2 Å². The lowest BCUT2D eigenvalue weighted by molar-refractivity contribution is 0.0118. The molecule has 1 aliphatic rings. The van der Waals surface area contributed by atoms with Crippen molar-refractivity contribution in [2.45, 2.75) is 57.7 Å². The SMILES string of the molecule is CCc1ccc(-c2ccc(C3CCC(OCc4ccc(OC)cc4F)CC3)c(F)c2F)cc1. The van der Waals surface area contributed by atoms with E-state index >= 15 is 0 Å². The zero-order valence-corrected chi connectivity index (χ0v) is 19.0. The van der Waals surface area contributed by atoms with Gasteiger partial charge in [-0.3, -0.25) is 0 Å². The lowest BCUT2D eigenvalue weighted by atomic mass is 9.82. The monoisotopic (exact) mass is 454 g/mol. The largest absolute Gasteiger partial charge is 0.497 e. The molecule has 0 spiro atoms. The molecule has 0 saturated heterocycles. The van der Waals surface area contributed by atoms with Gasteiger partial charge in [0.2, 0.25) is 0 Å². The zero-order valence-electron chi connectivity index (χ0n) is 19.0. The number of methoxy groups -OCH3 is 1. The number of aryl methyl sites for hydroxylation is 1. The molecule has 0 N–H and O–H groups in total. The fourth-order valence-corrected chi connectivity index (χ4v) is 4.54. The third kappa shape index (κ3) is 5.25. The molecule has 0 bridgehead atoms.